The van der Waals surface area contributed by atoms with Crippen LogP contribution in [0.25, 0.3) is 27.5 Å². The topological polar surface area (TPSA) is 68.9 Å². The molecule has 4 aromatic rings. The number of nitrogens with one attached hydrogen (secondary N) is 1. The molecule has 6 nitrogen and oxygen atoms in total. The van der Waals surface area contributed by atoms with Crippen LogP contribution in [0.4, 0.5) is 0 Å². The molecule has 0 saturated heterocycles. The zero-order chi connectivity index (χ0) is 23.3. The number of hydrogen-bond donors (Lipinski definition) is 1. The second-order valence-electron chi connectivity index (χ2n) is 9.55. The maximum absolute atomic E-state index is 13.7. The molecule has 5 rings (SSSR count). The highest BCUT2D eigenvalue weighted by Gasteiger charge is 2.30. The molecule has 170 valence electrons. The molecule has 2 aromatic carbocycles. The maximum atomic E-state index is 13.7. The molecule has 1 aliphatic rings. The van der Waals surface area contributed by atoms with E-state index in [2.05, 4.69) is 24.3 Å². The monoisotopic (exact) mass is 442 g/mol. The van der Waals surface area contributed by atoms with Crippen molar-refractivity contribution in [2.75, 3.05) is 0 Å². The number of amides is 1. The lowest BCUT2D eigenvalue weighted by molar-refractivity contribution is 0.0886. The highest BCUT2D eigenvalue weighted by molar-refractivity contribution is 6.16. The van der Waals surface area contributed by atoms with Gasteiger partial charge in [-0.1, -0.05) is 62.6 Å². The van der Waals surface area contributed by atoms with E-state index in [0.29, 0.717) is 34.1 Å². The number of carbonyl (C=O) groups is 1. The van der Waals surface area contributed by atoms with Crippen molar-refractivity contribution in [1.29, 1.82) is 0 Å². The molecule has 2 heterocycles. The summed E-state index contributed by atoms with van der Waals surface area (Å²) in [5.41, 5.74) is 3.20. The number of para-hydroxylation sites is 1. The van der Waals surface area contributed by atoms with E-state index < -0.39 is 0 Å². The summed E-state index contributed by atoms with van der Waals surface area (Å²) in [5, 5.41) is 9.40. The summed E-state index contributed by atoms with van der Waals surface area (Å²) in [7, 11) is 1.87. The third kappa shape index (κ3) is 3.54. The Hall–Kier alpha value is -3.41. The highest BCUT2D eigenvalue weighted by Crippen LogP contribution is 2.31. The molecule has 0 spiro atoms. The van der Waals surface area contributed by atoms with Crippen molar-refractivity contribution in [3.63, 3.8) is 0 Å². The smallest absolute Gasteiger partial charge is 0.296 e. The fourth-order valence-electron chi connectivity index (χ4n) is 5.22. The summed E-state index contributed by atoms with van der Waals surface area (Å²) in [5.74, 6) is 0.743. The first kappa shape index (κ1) is 21.4. The molecular weight excluding hydrogens is 412 g/mol. The van der Waals surface area contributed by atoms with Crippen LogP contribution in [0.2, 0.25) is 0 Å². The molecule has 0 unspecified atom stereocenters. The Morgan fingerprint density at radius 3 is 2.55 bits per heavy atom. The predicted octanol–water partition coefficient (Wildman–Crippen LogP) is 4.74. The van der Waals surface area contributed by atoms with Gasteiger partial charge in [-0.15, -0.1) is 0 Å². The minimum Gasteiger partial charge on any atom is -0.348 e. The normalized spacial score (nSPS) is 20.9. The number of fused-ring (bicyclic) bond motifs is 3. The first-order valence-electron chi connectivity index (χ1n) is 11.7. The van der Waals surface area contributed by atoms with Gasteiger partial charge in [0, 0.05) is 29.4 Å². The van der Waals surface area contributed by atoms with Gasteiger partial charge >= 0.3 is 0 Å². The van der Waals surface area contributed by atoms with Crippen molar-refractivity contribution >= 4 is 27.7 Å². The summed E-state index contributed by atoms with van der Waals surface area (Å²) >= 11 is 0. The van der Waals surface area contributed by atoms with Gasteiger partial charge in [0.1, 0.15) is 5.52 Å². The molecule has 1 aliphatic carbocycles. The van der Waals surface area contributed by atoms with Crippen LogP contribution in [0.3, 0.4) is 0 Å². The Balaban J connectivity index is 1.73. The van der Waals surface area contributed by atoms with E-state index >= 15 is 0 Å². The number of hydrogen-bond acceptors (Lipinski definition) is 3. The molecule has 2 aromatic heterocycles. The van der Waals surface area contributed by atoms with E-state index in [9.17, 15) is 9.59 Å². The number of aromatic nitrogens is 3. The lowest BCUT2D eigenvalue weighted by Crippen LogP contribution is -2.44. The summed E-state index contributed by atoms with van der Waals surface area (Å²) in [4.78, 5) is 27.3. The highest BCUT2D eigenvalue weighted by atomic mass is 16.2. The molecule has 0 aliphatic heterocycles. The Bertz CT molecular complexity index is 1410. The molecule has 33 heavy (non-hydrogen) atoms. The largest absolute Gasteiger partial charge is 0.348 e. The molecule has 0 radical (unpaired) electrons. The molecule has 1 saturated carbocycles. The number of carbonyl (C=O) groups excluding carboxylic acids is 1. The number of rotatable bonds is 3. The summed E-state index contributed by atoms with van der Waals surface area (Å²) in [6.45, 7) is 6.46. The number of aryl methyl sites for hydroxylation is 2. The van der Waals surface area contributed by atoms with Gasteiger partial charge in [-0.25, -0.2) is 0 Å². The minimum absolute atomic E-state index is 0.104. The Morgan fingerprint density at radius 1 is 1.06 bits per heavy atom. The van der Waals surface area contributed by atoms with Crippen LogP contribution >= 0.6 is 0 Å². The Labute approximate surface area is 193 Å². The van der Waals surface area contributed by atoms with Crippen LogP contribution in [0.15, 0.2) is 53.3 Å². The lowest BCUT2D eigenvalue weighted by Gasteiger charge is -2.34. The number of benzene rings is 2. The van der Waals surface area contributed by atoms with Gasteiger partial charge in [0.15, 0.2) is 5.69 Å². The van der Waals surface area contributed by atoms with Crippen LogP contribution in [0, 0.1) is 18.8 Å². The molecule has 1 N–H and O–H groups in total. The first-order valence-corrected chi connectivity index (χ1v) is 11.7. The van der Waals surface area contributed by atoms with E-state index in [4.69, 9.17) is 0 Å². The van der Waals surface area contributed by atoms with Crippen molar-refractivity contribution in [1.82, 2.24) is 19.7 Å². The molecular formula is C27H30N4O2. The minimum atomic E-state index is -0.233. The van der Waals surface area contributed by atoms with Crippen LogP contribution < -0.4 is 10.9 Å². The average molecular weight is 443 g/mol. The molecule has 1 fully saturated rings. The van der Waals surface area contributed by atoms with Crippen molar-refractivity contribution < 1.29 is 4.79 Å². The van der Waals surface area contributed by atoms with E-state index in [0.717, 1.165) is 29.3 Å². The van der Waals surface area contributed by atoms with E-state index in [1.54, 1.807) is 0 Å². The second kappa shape index (κ2) is 8.18. The van der Waals surface area contributed by atoms with Crippen molar-refractivity contribution in [3.8, 4) is 5.69 Å². The molecule has 1 amide bonds. The van der Waals surface area contributed by atoms with Crippen molar-refractivity contribution in [2.45, 2.75) is 46.1 Å². The molecule has 6 heteroatoms. The van der Waals surface area contributed by atoms with Crippen LogP contribution in [0.1, 0.15) is 49.2 Å². The predicted molar refractivity (Wildman–Crippen MR) is 132 cm³/mol. The molecule has 3 atom stereocenters. The van der Waals surface area contributed by atoms with Gasteiger partial charge in [0.2, 0.25) is 0 Å². The van der Waals surface area contributed by atoms with E-state index in [-0.39, 0.29) is 17.5 Å². The van der Waals surface area contributed by atoms with Crippen LogP contribution in [0.5, 0.6) is 0 Å². The van der Waals surface area contributed by atoms with Crippen LogP contribution in [-0.2, 0) is 7.05 Å². The van der Waals surface area contributed by atoms with Gasteiger partial charge in [-0.3, -0.25) is 9.59 Å². The zero-order valence-electron chi connectivity index (χ0n) is 19.6. The summed E-state index contributed by atoms with van der Waals surface area (Å²) < 4.78 is 3.24. The average Bonchev–Trinajstić information content (AvgIpc) is 3.11. The SMILES string of the molecule is Cc1ccc(-n2nc(C(=O)N[C@@H]3CCC[C@@H](C)[C@H]3C)c3c4ccccc4n(C)c3c2=O)cc1. The number of nitrogens with zero attached hydrogens (tertiary/aromatic N) is 3. The van der Waals surface area contributed by atoms with Crippen LogP contribution in [-0.4, -0.2) is 26.3 Å². The summed E-state index contributed by atoms with van der Waals surface area (Å²) in [6, 6.07) is 15.5. The van der Waals surface area contributed by atoms with Gasteiger partial charge in [-0.2, -0.15) is 9.78 Å². The quantitative estimate of drug-likeness (QED) is 0.498. The maximum Gasteiger partial charge on any atom is 0.296 e. The lowest BCUT2D eigenvalue weighted by atomic mass is 9.78. The van der Waals surface area contributed by atoms with Gasteiger partial charge in [0.25, 0.3) is 11.5 Å². The third-order valence-corrected chi connectivity index (χ3v) is 7.46. The molecule has 0 bridgehead atoms. The Kier molecular flexibility index (Phi) is 5.31. The second-order valence-corrected chi connectivity index (χ2v) is 9.55. The first-order chi connectivity index (χ1) is 15.9. The van der Waals surface area contributed by atoms with Crippen molar-refractivity contribution in [3.05, 3.63) is 70.1 Å². The van der Waals surface area contributed by atoms with Gasteiger partial charge in [-0.05, 0) is 43.4 Å². The summed E-state index contributed by atoms with van der Waals surface area (Å²) in [6.07, 6.45) is 3.27. The van der Waals surface area contributed by atoms with Gasteiger partial charge < -0.3 is 9.88 Å². The van der Waals surface area contributed by atoms with Crippen molar-refractivity contribution in [2.24, 2.45) is 18.9 Å². The van der Waals surface area contributed by atoms with E-state index in [1.807, 2.05) is 67.1 Å². The van der Waals surface area contributed by atoms with Gasteiger partial charge in [0.05, 0.1) is 5.69 Å². The fraction of sp³-hybridized carbons (Fsp3) is 0.370. The van der Waals surface area contributed by atoms with E-state index in [1.165, 1.54) is 11.1 Å². The Morgan fingerprint density at radius 2 is 1.79 bits per heavy atom. The standard InChI is InChI=1S/C27H30N4O2/c1-16-12-14-19(15-13-16)31-27(33)25-23(20-9-5-6-11-22(20)30(25)4)24(29-31)26(32)28-21-10-7-8-17(2)18(21)3/h5-6,9,11-15,17-18,21H,7-8,10H2,1-4H3,(H,28,32)/t17-,18-,21-/m1/s1. The zero-order valence-corrected chi connectivity index (χ0v) is 19.6. The third-order valence-electron chi connectivity index (χ3n) is 7.46. The fourth-order valence-corrected chi connectivity index (χ4v) is 5.22.